The summed E-state index contributed by atoms with van der Waals surface area (Å²) in [6, 6.07) is 13.4. The van der Waals surface area contributed by atoms with E-state index in [2.05, 4.69) is 55.7 Å². The molecule has 6 heteroatoms. The highest BCUT2D eigenvalue weighted by Gasteiger charge is 2.13. The highest BCUT2D eigenvalue weighted by atomic mass is 35.5. The quantitative estimate of drug-likeness (QED) is 0.729. The fraction of sp³-hybridized carbons (Fsp3) is 0.300. The molecular weight excluding hydrogens is 350 g/mol. The fourth-order valence-corrected chi connectivity index (χ4v) is 2.65. The third kappa shape index (κ3) is 5.49. The standard InChI is InChI=1S/C20H24ClN3O2/c1-20(2,3)15-7-4-13(5-8-15)14-6-9-17(16(21)12-14)24-19(26)23-11-10-18(22)25/h4-9,12H,10-11H2,1-3H3,(H2,22,25)(H2,23,24,26). The average molecular weight is 374 g/mol. The number of nitrogens with one attached hydrogen (secondary N) is 2. The highest BCUT2D eigenvalue weighted by Crippen LogP contribution is 2.30. The van der Waals surface area contributed by atoms with Crippen molar-refractivity contribution in [3.63, 3.8) is 0 Å². The van der Waals surface area contributed by atoms with Gasteiger partial charge in [-0.2, -0.15) is 0 Å². The molecule has 2 aromatic rings. The molecule has 0 atom stereocenters. The molecule has 0 saturated carbocycles. The average Bonchev–Trinajstić information content (AvgIpc) is 2.55. The fourth-order valence-electron chi connectivity index (χ4n) is 2.42. The van der Waals surface area contributed by atoms with Crippen molar-refractivity contribution in [3.8, 4) is 11.1 Å². The van der Waals surface area contributed by atoms with Crippen LogP contribution in [0, 0.1) is 0 Å². The molecule has 0 spiro atoms. The first-order chi connectivity index (χ1) is 12.2. The lowest BCUT2D eigenvalue weighted by Crippen LogP contribution is -2.31. The summed E-state index contributed by atoms with van der Waals surface area (Å²) in [7, 11) is 0. The third-order valence-electron chi connectivity index (χ3n) is 3.96. The van der Waals surface area contributed by atoms with Crippen molar-refractivity contribution < 1.29 is 9.59 Å². The molecule has 3 amide bonds. The minimum Gasteiger partial charge on any atom is -0.370 e. The Hall–Kier alpha value is -2.53. The van der Waals surface area contributed by atoms with E-state index in [9.17, 15) is 9.59 Å². The van der Waals surface area contributed by atoms with Gasteiger partial charge in [-0.3, -0.25) is 4.79 Å². The molecule has 0 aliphatic heterocycles. The molecule has 0 aromatic heterocycles. The Bertz CT molecular complexity index is 796. The van der Waals surface area contributed by atoms with E-state index in [1.165, 1.54) is 5.56 Å². The van der Waals surface area contributed by atoms with E-state index in [-0.39, 0.29) is 18.4 Å². The second-order valence-corrected chi connectivity index (χ2v) is 7.53. The van der Waals surface area contributed by atoms with E-state index in [1.54, 1.807) is 6.07 Å². The van der Waals surface area contributed by atoms with Gasteiger partial charge in [0.1, 0.15) is 0 Å². The van der Waals surface area contributed by atoms with Crippen molar-refractivity contribution in [2.45, 2.75) is 32.6 Å². The largest absolute Gasteiger partial charge is 0.370 e. The molecule has 0 bridgehead atoms. The number of halogens is 1. The first kappa shape index (κ1) is 19.8. The van der Waals surface area contributed by atoms with Gasteiger partial charge in [0.25, 0.3) is 0 Å². The Morgan fingerprint density at radius 3 is 2.19 bits per heavy atom. The van der Waals surface area contributed by atoms with Gasteiger partial charge >= 0.3 is 6.03 Å². The zero-order valence-electron chi connectivity index (χ0n) is 15.2. The van der Waals surface area contributed by atoms with E-state index in [0.717, 1.165) is 11.1 Å². The Balaban J connectivity index is 2.07. The van der Waals surface area contributed by atoms with Crippen LogP contribution in [0.3, 0.4) is 0 Å². The molecule has 0 fully saturated rings. The summed E-state index contributed by atoms with van der Waals surface area (Å²) in [5.74, 6) is -0.467. The van der Waals surface area contributed by atoms with Crippen molar-refractivity contribution in [2.24, 2.45) is 5.73 Å². The molecule has 26 heavy (non-hydrogen) atoms. The minimum absolute atomic E-state index is 0.0879. The van der Waals surface area contributed by atoms with Crippen molar-refractivity contribution in [3.05, 3.63) is 53.1 Å². The number of carbonyl (C=O) groups excluding carboxylic acids is 2. The number of hydrogen-bond donors (Lipinski definition) is 3. The predicted octanol–water partition coefficient (Wildman–Crippen LogP) is 4.30. The number of anilines is 1. The molecule has 0 radical (unpaired) electrons. The van der Waals surface area contributed by atoms with Crippen LogP contribution in [0.4, 0.5) is 10.5 Å². The Morgan fingerprint density at radius 1 is 1.04 bits per heavy atom. The molecule has 2 aromatic carbocycles. The number of amides is 3. The Morgan fingerprint density at radius 2 is 1.65 bits per heavy atom. The summed E-state index contributed by atoms with van der Waals surface area (Å²) < 4.78 is 0. The van der Waals surface area contributed by atoms with Crippen molar-refractivity contribution >= 4 is 29.2 Å². The van der Waals surface area contributed by atoms with Crippen molar-refractivity contribution in [2.75, 3.05) is 11.9 Å². The molecule has 0 heterocycles. The van der Waals surface area contributed by atoms with Crippen LogP contribution in [-0.4, -0.2) is 18.5 Å². The monoisotopic (exact) mass is 373 g/mol. The molecule has 0 saturated heterocycles. The van der Waals surface area contributed by atoms with Crippen LogP contribution in [0.2, 0.25) is 5.02 Å². The Kier molecular flexibility index (Phi) is 6.27. The van der Waals surface area contributed by atoms with Crippen LogP contribution in [0.5, 0.6) is 0 Å². The zero-order chi connectivity index (χ0) is 19.3. The first-order valence-electron chi connectivity index (χ1n) is 8.40. The second kappa shape index (κ2) is 8.23. The molecule has 4 N–H and O–H groups in total. The molecular formula is C20H24ClN3O2. The lowest BCUT2D eigenvalue weighted by atomic mass is 9.86. The first-order valence-corrected chi connectivity index (χ1v) is 8.78. The molecule has 0 unspecified atom stereocenters. The Labute approximate surface area is 158 Å². The minimum atomic E-state index is -0.467. The summed E-state index contributed by atoms with van der Waals surface area (Å²) in [5.41, 5.74) is 8.91. The topological polar surface area (TPSA) is 84.2 Å². The van der Waals surface area contributed by atoms with Crippen LogP contribution in [-0.2, 0) is 10.2 Å². The summed E-state index contributed by atoms with van der Waals surface area (Å²) in [4.78, 5) is 22.5. The second-order valence-electron chi connectivity index (χ2n) is 7.12. The van der Waals surface area contributed by atoms with Crippen LogP contribution in [0.1, 0.15) is 32.8 Å². The summed E-state index contributed by atoms with van der Waals surface area (Å²) in [5, 5.41) is 5.64. The van der Waals surface area contributed by atoms with E-state index < -0.39 is 11.9 Å². The lowest BCUT2D eigenvalue weighted by molar-refractivity contribution is -0.117. The lowest BCUT2D eigenvalue weighted by Gasteiger charge is -2.19. The van der Waals surface area contributed by atoms with Gasteiger partial charge in [-0.25, -0.2) is 4.79 Å². The van der Waals surface area contributed by atoms with Crippen LogP contribution in [0.25, 0.3) is 11.1 Å². The number of primary amides is 1. The van der Waals surface area contributed by atoms with Gasteiger partial charge in [-0.1, -0.05) is 62.7 Å². The number of hydrogen-bond acceptors (Lipinski definition) is 2. The number of benzene rings is 2. The third-order valence-corrected chi connectivity index (χ3v) is 4.27. The van der Waals surface area contributed by atoms with E-state index >= 15 is 0 Å². The molecule has 138 valence electrons. The maximum Gasteiger partial charge on any atom is 0.319 e. The van der Waals surface area contributed by atoms with Gasteiger partial charge in [-0.05, 0) is 34.2 Å². The van der Waals surface area contributed by atoms with Gasteiger partial charge in [0.05, 0.1) is 10.7 Å². The number of nitrogens with two attached hydrogens (primary N) is 1. The smallest absolute Gasteiger partial charge is 0.319 e. The van der Waals surface area contributed by atoms with E-state index in [1.807, 2.05) is 12.1 Å². The van der Waals surface area contributed by atoms with Gasteiger partial charge < -0.3 is 16.4 Å². The maximum absolute atomic E-state index is 11.8. The highest BCUT2D eigenvalue weighted by molar-refractivity contribution is 6.34. The van der Waals surface area contributed by atoms with E-state index in [0.29, 0.717) is 10.7 Å². The molecule has 2 rings (SSSR count). The summed E-state index contributed by atoms with van der Waals surface area (Å²) in [6.45, 7) is 6.70. The van der Waals surface area contributed by atoms with Crippen LogP contribution < -0.4 is 16.4 Å². The number of carbonyl (C=O) groups is 2. The SMILES string of the molecule is CC(C)(C)c1ccc(-c2ccc(NC(=O)NCCC(N)=O)c(Cl)c2)cc1. The number of rotatable bonds is 5. The maximum atomic E-state index is 11.8. The van der Waals surface area contributed by atoms with Crippen LogP contribution >= 0.6 is 11.6 Å². The molecule has 5 nitrogen and oxygen atoms in total. The summed E-state index contributed by atoms with van der Waals surface area (Å²) in [6.07, 6.45) is 0.0879. The molecule has 0 aliphatic rings. The van der Waals surface area contributed by atoms with Gasteiger partial charge in [0.15, 0.2) is 0 Å². The normalized spacial score (nSPS) is 11.1. The van der Waals surface area contributed by atoms with Crippen LogP contribution in [0.15, 0.2) is 42.5 Å². The van der Waals surface area contributed by atoms with E-state index in [4.69, 9.17) is 17.3 Å². The predicted molar refractivity (Wildman–Crippen MR) is 106 cm³/mol. The van der Waals surface area contributed by atoms with Crippen molar-refractivity contribution in [1.29, 1.82) is 0 Å². The number of urea groups is 1. The molecule has 0 aliphatic carbocycles. The van der Waals surface area contributed by atoms with Crippen molar-refractivity contribution in [1.82, 2.24) is 5.32 Å². The van der Waals surface area contributed by atoms with Gasteiger partial charge in [-0.15, -0.1) is 0 Å². The van der Waals surface area contributed by atoms with Gasteiger partial charge in [0.2, 0.25) is 5.91 Å². The van der Waals surface area contributed by atoms with Gasteiger partial charge in [0, 0.05) is 13.0 Å². The zero-order valence-corrected chi connectivity index (χ0v) is 16.0. The summed E-state index contributed by atoms with van der Waals surface area (Å²) >= 11 is 6.30.